The maximum Gasteiger partial charge on any atom is 0.137 e. The number of carbonyl (C=O) groups is 1. The van der Waals surface area contributed by atoms with Crippen LogP contribution in [0.5, 0.6) is 0 Å². The molecule has 0 aromatic heterocycles. The molecule has 2 rings (SSSR count). The van der Waals surface area contributed by atoms with E-state index in [1.807, 2.05) is 30.3 Å². The first-order chi connectivity index (χ1) is 9.15. The third-order valence-corrected chi connectivity index (χ3v) is 3.43. The van der Waals surface area contributed by atoms with Crippen molar-refractivity contribution in [2.75, 3.05) is 0 Å². The van der Waals surface area contributed by atoms with Gasteiger partial charge in [-0.05, 0) is 29.7 Å². The second-order valence-electron chi connectivity index (χ2n) is 4.44. The van der Waals surface area contributed by atoms with E-state index < -0.39 is 0 Å². The summed E-state index contributed by atoms with van der Waals surface area (Å²) in [7, 11) is 0. The van der Waals surface area contributed by atoms with E-state index in [1.165, 1.54) is 6.07 Å². The Morgan fingerprint density at radius 1 is 1.11 bits per heavy atom. The zero-order chi connectivity index (χ0) is 13.7. The molecule has 0 saturated carbocycles. The zero-order valence-electron chi connectivity index (χ0n) is 10.4. The maximum atomic E-state index is 13.6. The van der Waals surface area contributed by atoms with Crippen LogP contribution >= 0.6 is 15.9 Å². The van der Waals surface area contributed by atoms with Crippen LogP contribution in [0.25, 0.3) is 0 Å². The Morgan fingerprint density at radius 2 is 1.84 bits per heavy atom. The molecule has 0 fully saturated rings. The van der Waals surface area contributed by atoms with Crippen LogP contribution in [-0.2, 0) is 17.6 Å². The Balaban J connectivity index is 1.91. The predicted molar refractivity (Wildman–Crippen MR) is 77.6 cm³/mol. The minimum atomic E-state index is -0.331. The monoisotopic (exact) mass is 320 g/mol. The molecule has 0 heterocycles. The summed E-state index contributed by atoms with van der Waals surface area (Å²) in [6, 6.07) is 14.6. The molecular weight excluding hydrogens is 307 g/mol. The van der Waals surface area contributed by atoms with Gasteiger partial charge in [-0.2, -0.15) is 0 Å². The molecule has 0 aliphatic rings. The molecule has 0 amide bonds. The Labute approximate surface area is 120 Å². The van der Waals surface area contributed by atoms with Crippen molar-refractivity contribution < 1.29 is 9.18 Å². The van der Waals surface area contributed by atoms with Gasteiger partial charge in [0.15, 0.2) is 0 Å². The van der Waals surface area contributed by atoms with Gasteiger partial charge in [-0.1, -0.05) is 52.3 Å². The number of ketones is 1. The first-order valence-corrected chi connectivity index (χ1v) is 6.94. The van der Waals surface area contributed by atoms with Crippen LogP contribution in [0.4, 0.5) is 4.39 Å². The molecule has 0 saturated heterocycles. The molecule has 1 nitrogen and oxygen atoms in total. The fourth-order valence-corrected chi connectivity index (χ4v) is 2.23. The maximum absolute atomic E-state index is 13.6. The van der Waals surface area contributed by atoms with Crippen LogP contribution in [0.3, 0.4) is 0 Å². The third-order valence-electron chi connectivity index (χ3n) is 2.94. The van der Waals surface area contributed by atoms with E-state index in [9.17, 15) is 9.18 Å². The highest BCUT2D eigenvalue weighted by atomic mass is 79.9. The molecule has 2 aromatic carbocycles. The number of benzene rings is 2. The molecule has 19 heavy (non-hydrogen) atoms. The molecule has 0 N–H and O–H groups in total. The van der Waals surface area contributed by atoms with Crippen LogP contribution in [0.2, 0.25) is 0 Å². The molecule has 0 radical (unpaired) electrons. The number of hydrogen-bond donors (Lipinski definition) is 0. The van der Waals surface area contributed by atoms with Crippen molar-refractivity contribution in [3.63, 3.8) is 0 Å². The lowest BCUT2D eigenvalue weighted by molar-refractivity contribution is -0.118. The van der Waals surface area contributed by atoms with Crippen LogP contribution in [-0.4, -0.2) is 5.78 Å². The average molecular weight is 321 g/mol. The van der Waals surface area contributed by atoms with Crippen molar-refractivity contribution in [1.82, 2.24) is 0 Å². The van der Waals surface area contributed by atoms with Crippen molar-refractivity contribution in [3.05, 3.63) is 69.9 Å². The summed E-state index contributed by atoms with van der Waals surface area (Å²) in [6.45, 7) is 0. The second-order valence-corrected chi connectivity index (χ2v) is 5.35. The Hall–Kier alpha value is -1.48. The van der Waals surface area contributed by atoms with Crippen LogP contribution in [0, 0.1) is 5.82 Å². The zero-order valence-corrected chi connectivity index (χ0v) is 12.0. The Kier molecular flexibility index (Phi) is 4.86. The minimum Gasteiger partial charge on any atom is -0.299 e. The second kappa shape index (κ2) is 6.62. The highest BCUT2D eigenvalue weighted by Gasteiger charge is 2.08. The first-order valence-electron chi connectivity index (χ1n) is 6.15. The van der Waals surface area contributed by atoms with E-state index in [2.05, 4.69) is 15.9 Å². The number of hydrogen-bond acceptors (Lipinski definition) is 1. The Morgan fingerprint density at radius 3 is 2.53 bits per heavy atom. The summed E-state index contributed by atoms with van der Waals surface area (Å²) in [6.07, 6.45) is 1.31. The van der Waals surface area contributed by atoms with Crippen molar-refractivity contribution >= 4 is 21.7 Å². The molecule has 0 unspecified atom stereocenters. The molecule has 0 spiro atoms. The summed E-state index contributed by atoms with van der Waals surface area (Å²) in [5.74, 6) is -0.271. The highest BCUT2D eigenvalue weighted by molar-refractivity contribution is 9.10. The summed E-state index contributed by atoms with van der Waals surface area (Å²) in [5.41, 5.74) is 1.59. The van der Waals surface area contributed by atoms with Crippen molar-refractivity contribution in [2.24, 2.45) is 0 Å². The Bertz CT molecular complexity index is 566. The van der Waals surface area contributed by atoms with E-state index in [4.69, 9.17) is 0 Å². The molecule has 0 aliphatic carbocycles. The molecule has 3 heteroatoms. The van der Waals surface area contributed by atoms with E-state index in [-0.39, 0.29) is 18.0 Å². The van der Waals surface area contributed by atoms with Crippen molar-refractivity contribution in [3.8, 4) is 0 Å². The van der Waals surface area contributed by atoms with E-state index in [0.29, 0.717) is 22.9 Å². The number of halogens is 2. The van der Waals surface area contributed by atoms with Gasteiger partial charge in [0, 0.05) is 17.3 Å². The van der Waals surface area contributed by atoms with Gasteiger partial charge >= 0.3 is 0 Å². The van der Waals surface area contributed by atoms with Gasteiger partial charge in [0.2, 0.25) is 0 Å². The van der Waals surface area contributed by atoms with Gasteiger partial charge in [0.25, 0.3) is 0 Å². The first kappa shape index (κ1) is 13.9. The van der Waals surface area contributed by atoms with Crippen LogP contribution < -0.4 is 0 Å². The van der Waals surface area contributed by atoms with Gasteiger partial charge < -0.3 is 0 Å². The lowest BCUT2D eigenvalue weighted by Gasteiger charge is -2.04. The number of rotatable bonds is 5. The van der Waals surface area contributed by atoms with Crippen molar-refractivity contribution in [2.45, 2.75) is 19.3 Å². The van der Waals surface area contributed by atoms with Crippen molar-refractivity contribution in [1.29, 1.82) is 0 Å². The molecule has 0 bridgehead atoms. The largest absolute Gasteiger partial charge is 0.299 e. The van der Waals surface area contributed by atoms with Gasteiger partial charge in [-0.3, -0.25) is 4.79 Å². The lowest BCUT2D eigenvalue weighted by atomic mass is 10.0. The summed E-state index contributed by atoms with van der Waals surface area (Å²) >= 11 is 3.20. The minimum absolute atomic E-state index is 0.0603. The molecule has 98 valence electrons. The molecule has 2 aromatic rings. The summed E-state index contributed by atoms with van der Waals surface area (Å²) in [5, 5.41) is 0. The highest BCUT2D eigenvalue weighted by Crippen LogP contribution is 2.16. The quantitative estimate of drug-likeness (QED) is 0.801. The summed E-state index contributed by atoms with van der Waals surface area (Å²) in [4.78, 5) is 11.8. The standard InChI is InChI=1S/C16H14BrFO/c17-14-8-7-13(16(18)11-14)10-15(19)9-6-12-4-2-1-3-5-12/h1-5,7-8,11H,6,9-10H2. The fourth-order valence-electron chi connectivity index (χ4n) is 1.89. The van der Waals surface area contributed by atoms with Gasteiger partial charge in [-0.25, -0.2) is 4.39 Å². The third kappa shape index (κ3) is 4.28. The van der Waals surface area contributed by atoms with Crippen LogP contribution in [0.15, 0.2) is 53.0 Å². The van der Waals surface area contributed by atoms with Crippen LogP contribution in [0.1, 0.15) is 17.5 Å². The van der Waals surface area contributed by atoms with Gasteiger partial charge in [0.1, 0.15) is 11.6 Å². The van der Waals surface area contributed by atoms with E-state index >= 15 is 0 Å². The van der Waals surface area contributed by atoms with Gasteiger partial charge in [-0.15, -0.1) is 0 Å². The fraction of sp³-hybridized carbons (Fsp3) is 0.188. The predicted octanol–water partition coefficient (Wildman–Crippen LogP) is 4.33. The number of carbonyl (C=O) groups excluding carboxylic acids is 1. The lowest BCUT2D eigenvalue weighted by Crippen LogP contribution is -2.06. The normalized spacial score (nSPS) is 10.4. The average Bonchev–Trinajstić information content (AvgIpc) is 2.41. The topological polar surface area (TPSA) is 17.1 Å². The molecule has 0 aliphatic heterocycles. The SMILES string of the molecule is O=C(CCc1ccccc1)Cc1ccc(Br)cc1F. The number of Topliss-reactive ketones (excluding diaryl/α,β-unsaturated/α-hetero) is 1. The summed E-state index contributed by atoms with van der Waals surface area (Å²) < 4.78 is 14.3. The van der Waals surface area contributed by atoms with Gasteiger partial charge in [0.05, 0.1) is 0 Å². The smallest absolute Gasteiger partial charge is 0.137 e. The number of aryl methyl sites for hydroxylation is 1. The van der Waals surface area contributed by atoms with E-state index in [1.54, 1.807) is 12.1 Å². The molecule has 0 atom stereocenters. The van der Waals surface area contributed by atoms with E-state index in [0.717, 1.165) is 5.56 Å². The molecular formula is C16H14BrFO.